The molecule has 3 aromatic rings. The summed E-state index contributed by atoms with van der Waals surface area (Å²) < 4.78 is 27.0. The van der Waals surface area contributed by atoms with Crippen LogP contribution in [0.4, 0.5) is 5.13 Å². The van der Waals surface area contributed by atoms with E-state index in [0.717, 1.165) is 24.0 Å². The summed E-state index contributed by atoms with van der Waals surface area (Å²) in [7, 11) is -3.56. The van der Waals surface area contributed by atoms with Crippen LogP contribution in [-0.2, 0) is 20.9 Å². The van der Waals surface area contributed by atoms with Gasteiger partial charge in [-0.3, -0.25) is 10.1 Å². The molecule has 0 unspecified atom stereocenters. The van der Waals surface area contributed by atoms with Gasteiger partial charge in [0.05, 0.1) is 10.6 Å². The molecule has 206 valence electrons. The molecule has 39 heavy (non-hydrogen) atoms. The maximum atomic E-state index is 13.0. The van der Waals surface area contributed by atoms with E-state index in [-0.39, 0.29) is 21.6 Å². The van der Waals surface area contributed by atoms with E-state index >= 15 is 0 Å². The minimum atomic E-state index is -3.56. The number of hydrogen-bond donors (Lipinski definition) is 1. The highest BCUT2D eigenvalue weighted by molar-refractivity contribution is 7.89. The first kappa shape index (κ1) is 26.7. The molecule has 0 spiro atoms. The SMILES string of the molecule is CCN(CC)S(=O)(=O)c1ccc(C(=O)Nc2nc(C34C[C@H]5C[C@@H](CC(c6ccc(C)cc6)(C5)C3)C4)cs2)cc1. The standard InChI is InChI=1S/C31H37N3O3S2/c1-4-34(5-2)39(36,37)26-12-8-24(9-13-26)28(35)33-29-32-27(19-38-29)31-17-22-14-23(18-31)16-30(15-22,20-31)25-10-6-21(3)7-11-25/h6-13,19,22-23H,4-5,14-18,20H2,1-3H3,(H,32,33,35)/t22-,23-,30?,31?/m0/s1. The van der Waals surface area contributed by atoms with Crippen molar-refractivity contribution in [2.45, 2.75) is 75.0 Å². The summed E-state index contributed by atoms with van der Waals surface area (Å²) in [4.78, 5) is 18.2. The second-order valence-corrected chi connectivity index (χ2v) is 14.8. The van der Waals surface area contributed by atoms with E-state index in [1.807, 2.05) is 13.8 Å². The van der Waals surface area contributed by atoms with Crippen molar-refractivity contribution >= 4 is 32.4 Å². The Labute approximate surface area is 235 Å². The van der Waals surface area contributed by atoms with Gasteiger partial charge in [-0.2, -0.15) is 4.31 Å². The number of nitrogens with zero attached hydrogens (tertiary/aromatic N) is 2. The number of aryl methyl sites for hydroxylation is 1. The number of hydrogen-bond acceptors (Lipinski definition) is 5. The lowest BCUT2D eigenvalue weighted by atomic mass is 9.42. The highest BCUT2D eigenvalue weighted by Crippen LogP contribution is 2.66. The Morgan fingerprint density at radius 2 is 1.59 bits per heavy atom. The van der Waals surface area contributed by atoms with Crippen LogP contribution in [0.3, 0.4) is 0 Å². The van der Waals surface area contributed by atoms with Crippen molar-refractivity contribution in [3.8, 4) is 0 Å². The van der Waals surface area contributed by atoms with Crippen LogP contribution in [-0.4, -0.2) is 36.7 Å². The van der Waals surface area contributed by atoms with E-state index in [1.165, 1.54) is 71.0 Å². The molecular formula is C31H37N3O3S2. The average molecular weight is 564 g/mol. The van der Waals surface area contributed by atoms with Crippen LogP contribution in [0, 0.1) is 18.8 Å². The van der Waals surface area contributed by atoms with Gasteiger partial charge in [-0.15, -0.1) is 11.3 Å². The van der Waals surface area contributed by atoms with Gasteiger partial charge < -0.3 is 0 Å². The number of amides is 1. The molecule has 6 nitrogen and oxygen atoms in total. The monoisotopic (exact) mass is 563 g/mol. The van der Waals surface area contributed by atoms with Crippen LogP contribution >= 0.6 is 11.3 Å². The van der Waals surface area contributed by atoms with Crippen molar-refractivity contribution in [2.24, 2.45) is 11.8 Å². The third-order valence-corrected chi connectivity index (χ3v) is 12.3. The lowest BCUT2D eigenvalue weighted by Crippen LogP contribution is -2.56. The highest BCUT2D eigenvalue weighted by atomic mass is 32.2. The van der Waals surface area contributed by atoms with Gasteiger partial charge in [0.15, 0.2) is 5.13 Å². The van der Waals surface area contributed by atoms with Crippen molar-refractivity contribution in [1.29, 1.82) is 0 Å². The van der Waals surface area contributed by atoms with E-state index in [9.17, 15) is 13.2 Å². The fraction of sp³-hybridized carbons (Fsp3) is 0.484. The summed E-state index contributed by atoms with van der Waals surface area (Å²) >= 11 is 1.49. The van der Waals surface area contributed by atoms with Gasteiger partial charge in [-0.1, -0.05) is 43.7 Å². The summed E-state index contributed by atoms with van der Waals surface area (Å²) in [6, 6.07) is 15.4. The van der Waals surface area contributed by atoms with Crippen LogP contribution < -0.4 is 5.32 Å². The zero-order valence-corrected chi connectivity index (χ0v) is 24.6. The van der Waals surface area contributed by atoms with Gasteiger partial charge in [0.25, 0.3) is 5.91 Å². The Balaban J connectivity index is 1.20. The van der Waals surface area contributed by atoms with Gasteiger partial charge >= 0.3 is 0 Å². The van der Waals surface area contributed by atoms with Gasteiger partial charge in [-0.05, 0) is 92.5 Å². The van der Waals surface area contributed by atoms with Crippen LogP contribution in [0.5, 0.6) is 0 Å². The third-order valence-electron chi connectivity index (χ3n) is 9.45. The molecule has 4 aliphatic rings. The Kier molecular flexibility index (Phi) is 6.71. The Hall–Kier alpha value is -2.55. The maximum Gasteiger partial charge on any atom is 0.257 e. The molecule has 1 aromatic heterocycles. The topological polar surface area (TPSA) is 79.4 Å². The fourth-order valence-corrected chi connectivity index (χ4v) is 10.3. The number of anilines is 1. The molecule has 8 heteroatoms. The van der Waals surface area contributed by atoms with Crippen LogP contribution in [0.15, 0.2) is 58.8 Å². The zero-order chi connectivity index (χ0) is 27.4. The number of thiazole rings is 1. The number of carbonyl (C=O) groups is 1. The predicted molar refractivity (Wildman–Crippen MR) is 156 cm³/mol. The second kappa shape index (κ2) is 9.82. The predicted octanol–water partition coefficient (Wildman–Crippen LogP) is 6.52. The van der Waals surface area contributed by atoms with E-state index in [1.54, 1.807) is 12.1 Å². The largest absolute Gasteiger partial charge is 0.298 e. The highest BCUT2D eigenvalue weighted by Gasteiger charge is 2.59. The number of carbonyl (C=O) groups excluding carboxylic acids is 1. The van der Waals surface area contributed by atoms with Crippen molar-refractivity contribution < 1.29 is 13.2 Å². The van der Waals surface area contributed by atoms with Crippen LogP contribution in [0.25, 0.3) is 0 Å². The molecule has 0 radical (unpaired) electrons. The molecule has 0 saturated heterocycles. The molecule has 4 aliphatic carbocycles. The number of nitrogens with one attached hydrogen (secondary N) is 1. The second-order valence-electron chi connectivity index (χ2n) is 12.0. The third kappa shape index (κ3) is 4.64. The Morgan fingerprint density at radius 3 is 2.21 bits per heavy atom. The molecule has 2 atom stereocenters. The van der Waals surface area contributed by atoms with Crippen molar-refractivity contribution in [3.05, 3.63) is 76.3 Å². The molecule has 7 rings (SSSR count). The lowest BCUT2D eigenvalue weighted by Gasteiger charge is -2.62. The summed E-state index contributed by atoms with van der Waals surface area (Å²) in [5.41, 5.74) is 4.65. The zero-order valence-electron chi connectivity index (χ0n) is 22.9. The van der Waals surface area contributed by atoms with E-state index in [4.69, 9.17) is 4.98 Å². The molecule has 4 bridgehead atoms. The van der Waals surface area contributed by atoms with E-state index < -0.39 is 10.0 Å². The normalized spacial score (nSPS) is 27.7. The number of benzene rings is 2. The van der Waals surface area contributed by atoms with Crippen molar-refractivity contribution in [1.82, 2.24) is 9.29 Å². The van der Waals surface area contributed by atoms with E-state index in [2.05, 4.69) is 41.9 Å². The molecule has 4 fully saturated rings. The summed E-state index contributed by atoms with van der Waals surface area (Å²) in [5.74, 6) is 1.20. The summed E-state index contributed by atoms with van der Waals surface area (Å²) in [6.07, 6.45) is 7.41. The van der Waals surface area contributed by atoms with E-state index in [0.29, 0.717) is 23.8 Å². The first-order chi connectivity index (χ1) is 18.7. The first-order valence-electron chi connectivity index (χ1n) is 14.1. The molecule has 0 aliphatic heterocycles. The number of sulfonamides is 1. The molecular weight excluding hydrogens is 526 g/mol. The quantitative estimate of drug-likeness (QED) is 0.338. The van der Waals surface area contributed by atoms with Gasteiger partial charge in [0, 0.05) is 29.4 Å². The van der Waals surface area contributed by atoms with Gasteiger partial charge in [0.2, 0.25) is 10.0 Å². The summed E-state index contributed by atoms with van der Waals surface area (Å²) in [5, 5.41) is 5.73. The molecule has 4 saturated carbocycles. The Morgan fingerprint density at radius 1 is 0.974 bits per heavy atom. The maximum absolute atomic E-state index is 13.0. The average Bonchev–Trinajstić information content (AvgIpc) is 3.38. The van der Waals surface area contributed by atoms with Crippen LogP contribution in [0.2, 0.25) is 0 Å². The van der Waals surface area contributed by atoms with Crippen molar-refractivity contribution in [3.63, 3.8) is 0 Å². The Bertz CT molecular complexity index is 1460. The molecule has 1 N–H and O–H groups in total. The van der Waals surface area contributed by atoms with Gasteiger partial charge in [-0.25, -0.2) is 13.4 Å². The number of aromatic nitrogens is 1. The van der Waals surface area contributed by atoms with Gasteiger partial charge in [0.1, 0.15) is 0 Å². The minimum absolute atomic E-state index is 0.0783. The van der Waals surface area contributed by atoms with Crippen LogP contribution in [0.1, 0.15) is 79.6 Å². The van der Waals surface area contributed by atoms with Crippen molar-refractivity contribution in [2.75, 3.05) is 18.4 Å². The molecule has 1 amide bonds. The smallest absolute Gasteiger partial charge is 0.257 e. The molecule has 1 heterocycles. The number of rotatable bonds is 8. The molecule has 2 aromatic carbocycles. The first-order valence-corrected chi connectivity index (χ1v) is 16.4. The minimum Gasteiger partial charge on any atom is -0.298 e. The lowest BCUT2D eigenvalue weighted by molar-refractivity contribution is -0.0296. The summed E-state index contributed by atoms with van der Waals surface area (Å²) in [6.45, 7) is 6.59. The fourth-order valence-electron chi connectivity index (χ4n) is 8.04.